The van der Waals surface area contributed by atoms with Gasteiger partial charge in [-0.2, -0.15) is 5.10 Å². The molecule has 2 amide bonds. The molecule has 37 heavy (non-hydrogen) atoms. The molecule has 1 saturated heterocycles. The normalized spacial score (nSPS) is 16.8. The fourth-order valence-electron chi connectivity index (χ4n) is 4.68. The first-order valence-corrected chi connectivity index (χ1v) is 11.8. The van der Waals surface area contributed by atoms with Gasteiger partial charge in [-0.25, -0.2) is 18.3 Å². The monoisotopic (exact) mass is 512 g/mol. The smallest absolute Gasteiger partial charge is 0.267 e. The molecule has 2 aromatic carbocycles. The molecule has 0 spiro atoms. The van der Waals surface area contributed by atoms with Crippen LogP contribution in [0.1, 0.15) is 51.3 Å². The van der Waals surface area contributed by atoms with Gasteiger partial charge in [0.25, 0.3) is 17.9 Å². The van der Waals surface area contributed by atoms with Crippen LogP contribution in [0.4, 0.5) is 13.2 Å². The topological polar surface area (TPSA) is 86.4 Å². The van der Waals surface area contributed by atoms with Crippen LogP contribution < -0.4 is 5.56 Å². The largest absolute Gasteiger partial charge is 0.327 e. The van der Waals surface area contributed by atoms with Gasteiger partial charge in [0, 0.05) is 24.6 Å². The van der Waals surface area contributed by atoms with E-state index in [9.17, 15) is 27.6 Å². The van der Waals surface area contributed by atoms with Crippen molar-refractivity contribution in [3.8, 4) is 0 Å². The molecule has 1 aliphatic heterocycles. The fourth-order valence-corrected chi connectivity index (χ4v) is 4.68. The number of aromatic nitrogens is 2. The Hall–Kier alpha value is -3.95. The maximum atomic E-state index is 14.7. The Balaban J connectivity index is 1.56. The lowest BCUT2D eigenvalue weighted by Crippen LogP contribution is -2.58. The summed E-state index contributed by atoms with van der Waals surface area (Å²) in [6.07, 6.45) is -2.57. The summed E-state index contributed by atoms with van der Waals surface area (Å²) >= 11 is 0. The number of hydrogen-bond acceptors (Lipinski definition) is 4. The third-order valence-electron chi connectivity index (χ3n) is 6.80. The average Bonchev–Trinajstić information content (AvgIpc) is 2.87. The highest BCUT2D eigenvalue weighted by atomic mass is 19.3. The highest BCUT2D eigenvalue weighted by Crippen LogP contribution is 2.32. The lowest BCUT2D eigenvalue weighted by Gasteiger charge is -2.43. The molecule has 0 aliphatic carbocycles. The number of benzene rings is 2. The van der Waals surface area contributed by atoms with Crippen LogP contribution >= 0.6 is 0 Å². The zero-order valence-electron chi connectivity index (χ0n) is 20.7. The Morgan fingerprint density at radius 3 is 2.46 bits per heavy atom. The molecule has 1 N–H and O–H groups in total. The maximum Gasteiger partial charge on any atom is 0.267 e. The van der Waals surface area contributed by atoms with Crippen LogP contribution in [0.15, 0.2) is 53.3 Å². The van der Waals surface area contributed by atoms with Crippen LogP contribution in [-0.2, 0) is 11.2 Å². The van der Waals surface area contributed by atoms with E-state index in [0.717, 1.165) is 4.90 Å². The van der Waals surface area contributed by atoms with Gasteiger partial charge in [0.1, 0.15) is 18.4 Å². The number of nitrogens with one attached hydrogen (secondary N) is 1. The van der Waals surface area contributed by atoms with E-state index in [0.29, 0.717) is 27.9 Å². The van der Waals surface area contributed by atoms with Crippen LogP contribution in [0.25, 0.3) is 0 Å². The van der Waals surface area contributed by atoms with E-state index in [2.05, 4.69) is 10.2 Å². The van der Waals surface area contributed by atoms with Crippen molar-refractivity contribution < 1.29 is 22.8 Å². The molecule has 194 valence electrons. The second-order valence-corrected chi connectivity index (χ2v) is 9.27. The number of carbonyl (C=O) groups is 2. The van der Waals surface area contributed by atoms with Gasteiger partial charge in [-0.15, -0.1) is 0 Å². The van der Waals surface area contributed by atoms with Gasteiger partial charge < -0.3 is 9.80 Å². The van der Waals surface area contributed by atoms with Gasteiger partial charge in [-0.3, -0.25) is 14.4 Å². The first-order chi connectivity index (χ1) is 17.6. The highest BCUT2D eigenvalue weighted by molar-refractivity contribution is 5.97. The number of rotatable bonds is 6. The van der Waals surface area contributed by atoms with E-state index >= 15 is 0 Å². The number of amides is 2. The standard InChI is InChI=1S/C27H27F3N4O3/c1-15-13-33(14-23(35)34(15)24(25(29)30)19-7-5-4-6-8-19)27(37)20-11-18(9-10-21(20)28)12-22-16(2)17(3)26(36)32-31-22/h4-11,15,24-25H,12-14H2,1-3H3,(H,32,36). The lowest BCUT2D eigenvalue weighted by molar-refractivity contribution is -0.146. The van der Waals surface area contributed by atoms with Crippen LogP contribution in [0, 0.1) is 19.7 Å². The number of H-pyrrole nitrogens is 1. The average molecular weight is 513 g/mol. The minimum atomic E-state index is -2.82. The van der Waals surface area contributed by atoms with Crippen molar-refractivity contribution in [3.05, 3.63) is 98.2 Å². The zero-order chi connectivity index (χ0) is 26.9. The van der Waals surface area contributed by atoms with Crippen LogP contribution in [0.2, 0.25) is 0 Å². The van der Waals surface area contributed by atoms with Crippen molar-refractivity contribution in [3.63, 3.8) is 0 Å². The summed E-state index contributed by atoms with van der Waals surface area (Å²) in [5.41, 5.74) is 2.17. The van der Waals surface area contributed by atoms with Crippen molar-refractivity contribution in [1.82, 2.24) is 20.0 Å². The van der Waals surface area contributed by atoms with Crippen LogP contribution in [-0.4, -0.2) is 57.4 Å². The number of alkyl halides is 2. The Bertz CT molecular complexity index is 1380. The van der Waals surface area contributed by atoms with Gasteiger partial charge in [-0.1, -0.05) is 36.4 Å². The van der Waals surface area contributed by atoms with Crippen molar-refractivity contribution in [2.75, 3.05) is 13.1 Å². The minimum Gasteiger partial charge on any atom is -0.327 e. The highest BCUT2D eigenvalue weighted by Gasteiger charge is 2.41. The summed E-state index contributed by atoms with van der Waals surface area (Å²) in [6, 6.07) is 9.95. The predicted octanol–water partition coefficient (Wildman–Crippen LogP) is 3.80. The molecule has 7 nitrogen and oxygen atoms in total. The van der Waals surface area contributed by atoms with E-state index in [-0.39, 0.29) is 24.1 Å². The first kappa shape index (κ1) is 26.1. The van der Waals surface area contributed by atoms with Gasteiger partial charge >= 0.3 is 0 Å². The molecular weight excluding hydrogens is 485 g/mol. The third-order valence-corrected chi connectivity index (χ3v) is 6.80. The Morgan fingerprint density at radius 1 is 1.11 bits per heavy atom. The second-order valence-electron chi connectivity index (χ2n) is 9.27. The third kappa shape index (κ3) is 5.28. The van der Waals surface area contributed by atoms with E-state index in [1.165, 1.54) is 35.2 Å². The molecule has 2 unspecified atom stereocenters. The van der Waals surface area contributed by atoms with Crippen LogP contribution in [0.3, 0.4) is 0 Å². The molecule has 1 fully saturated rings. The summed E-state index contributed by atoms with van der Waals surface area (Å²) in [4.78, 5) is 40.3. The molecule has 10 heteroatoms. The van der Waals surface area contributed by atoms with Crippen molar-refractivity contribution in [2.45, 2.75) is 45.7 Å². The number of piperazine rings is 1. The van der Waals surface area contributed by atoms with Gasteiger partial charge in [-0.05, 0) is 49.6 Å². The Labute approximate surface area is 211 Å². The van der Waals surface area contributed by atoms with Crippen molar-refractivity contribution in [2.24, 2.45) is 0 Å². The molecule has 0 saturated carbocycles. The summed E-state index contributed by atoms with van der Waals surface area (Å²) in [7, 11) is 0. The summed E-state index contributed by atoms with van der Waals surface area (Å²) in [6.45, 7) is 4.56. The molecule has 1 aliphatic rings. The summed E-state index contributed by atoms with van der Waals surface area (Å²) < 4.78 is 42.8. The number of carbonyl (C=O) groups excluding carboxylic acids is 2. The van der Waals surface area contributed by atoms with Crippen molar-refractivity contribution in [1.29, 1.82) is 0 Å². The summed E-state index contributed by atoms with van der Waals surface area (Å²) in [5.74, 6) is -2.09. The quantitative estimate of drug-likeness (QED) is 0.545. The Morgan fingerprint density at radius 2 is 1.81 bits per heavy atom. The molecular formula is C27H27F3N4O3. The molecule has 3 aromatic rings. The number of hydrogen-bond donors (Lipinski definition) is 1. The molecule has 4 rings (SSSR count). The van der Waals surface area contributed by atoms with E-state index < -0.39 is 42.7 Å². The number of halogens is 3. The van der Waals surface area contributed by atoms with E-state index in [1.807, 2.05) is 0 Å². The van der Waals surface area contributed by atoms with E-state index in [4.69, 9.17) is 0 Å². The molecule has 2 atom stereocenters. The molecule has 0 bridgehead atoms. The fraction of sp³-hybridized carbons (Fsp3) is 0.333. The Kier molecular flexibility index (Phi) is 7.47. The molecule has 0 radical (unpaired) electrons. The second kappa shape index (κ2) is 10.6. The van der Waals surface area contributed by atoms with Gasteiger partial charge in [0.2, 0.25) is 5.91 Å². The molecule has 2 heterocycles. The van der Waals surface area contributed by atoms with E-state index in [1.54, 1.807) is 39.0 Å². The SMILES string of the molecule is Cc1c(Cc2ccc(F)c(C(=O)N3CC(=O)N(C(c4ccccc4)C(F)F)C(C)C3)c2)n[nH]c(=O)c1C. The first-order valence-electron chi connectivity index (χ1n) is 11.8. The molecule has 1 aromatic heterocycles. The van der Waals surface area contributed by atoms with Crippen molar-refractivity contribution >= 4 is 11.8 Å². The summed E-state index contributed by atoms with van der Waals surface area (Å²) in [5, 5.41) is 6.49. The maximum absolute atomic E-state index is 14.7. The predicted molar refractivity (Wildman–Crippen MR) is 131 cm³/mol. The number of aromatic amines is 1. The van der Waals surface area contributed by atoms with Crippen LogP contribution in [0.5, 0.6) is 0 Å². The number of nitrogens with zero attached hydrogens (tertiary/aromatic N) is 3. The van der Waals surface area contributed by atoms with Gasteiger partial charge in [0.15, 0.2) is 0 Å². The lowest BCUT2D eigenvalue weighted by atomic mass is 10.00. The minimum absolute atomic E-state index is 0.0237. The van der Waals surface area contributed by atoms with Gasteiger partial charge in [0.05, 0.1) is 11.3 Å². The zero-order valence-corrected chi connectivity index (χ0v) is 20.7.